The molecule has 110 valence electrons. The van der Waals surface area contributed by atoms with Crippen LogP contribution in [0.5, 0.6) is 0 Å². The van der Waals surface area contributed by atoms with Gasteiger partial charge in [0.15, 0.2) is 0 Å². The Kier molecular flexibility index (Phi) is 6.86. The van der Waals surface area contributed by atoms with Crippen molar-refractivity contribution in [3.8, 4) is 0 Å². The summed E-state index contributed by atoms with van der Waals surface area (Å²) in [4.78, 5) is 4.21. The van der Waals surface area contributed by atoms with E-state index in [4.69, 9.17) is 9.05 Å². The number of rotatable bonds is 7. The molecule has 0 aliphatic carbocycles. The molecule has 0 spiro atoms. The molecule has 1 rings (SSSR count). The van der Waals surface area contributed by atoms with Crippen molar-refractivity contribution in [2.75, 3.05) is 20.3 Å². The highest BCUT2D eigenvalue weighted by atomic mass is 31.2. The summed E-state index contributed by atoms with van der Waals surface area (Å²) >= 11 is 0. The van der Waals surface area contributed by atoms with Crippen molar-refractivity contribution >= 4 is 18.6 Å². The van der Waals surface area contributed by atoms with Crippen LogP contribution in [0, 0.1) is 0 Å². The average molecular weight is 295 g/mol. The minimum Gasteiger partial charge on any atom is -0.305 e. The van der Waals surface area contributed by atoms with Crippen LogP contribution < -0.4 is 5.30 Å². The van der Waals surface area contributed by atoms with Crippen LogP contribution in [-0.4, -0.2) is 26.0 Å². The number of allylic oxidation sites excluding steroid dienone is 2. The Morgan fingerprint density at radius 3 is 2.15 bits per heavy atom. The number of benzene rings is 1. The Hall–Kier alpha value is -1.22. The molecule has 20 heavy (non-hydrogen) atoms. The van der Waals surface area contributed by atoms with Crippen molar-refractivity contribution in [1.82, 2.24) is 0 Å². The van der Waals surface area contributed by atoms with E-state index in [1.807, 2.05) is 31.2 Å². The molecule has 0 amide bonds. The van der Waals surface area contributed by atoms with Crippen molar-refractivity contribution < 1.29 is 13.6 Å². The van der Waals surface area contributed by atoms with Crippen molar-refractivity contribution in [3.63, 3.8) is 0 Å². The fourth-order valence-electron chi connectivity index (χ4n) is 1.80. The van der Waals surface area contributed by atoms with Gasteiger partial charge in [-0.25, -0.2) is 0 Å². The summed E-state index contributed by atoms with van der Waals surface area (Å²) in [6.45, 7) is 6.23. The molecule has 0 atom stereocenters. The average Bonchev–Trinajstić information content (AvgIpc) is 2.45. The summed E-state index contributed by atoms with van der Waals surface area (Å²) in [6.07, 6.45) is 3.86. The summed E-state index contributed by atoms with van der Waals surface area (Å²) in [5.74, 6) is 0. The van der Waals surface area contributed by atoms with E-state index in [-0.39, 0.29) is 0 Å². The summed E-state index contributed by atoms with van der Waals surface area (Å²) < 4.78 is 23.2. The molecule has 5 heteroatoms. The molecule has 0 bridgehead atoms. The summed E-state index contributed by atoms with van der Waals surface area (Å²) in [7, 11) is -1.46. The van der Waals surface area contributed by atoms with E-state index in [0.717, 1.165) is 11.3 Å². The smallest absolute Gasteiger partial charge is 0.305 e. The molecule has 0 heterocycles. The molecular weight excluding hydrogens is 273 g/mol. The van der Waals surface area contributed by atoms with E-state index >= 15 is 0 Å². The van der Waals surface area contributed by atoms with Crippen LogP contribution >= 0.6 is 7.60 Å². The summed E-state index contributed by atoms with van der Waals surface area (Å²) in [5, 5.41) is 0.570. The summed E-state index contributed by atoms with van der Waals surface area (Å²) in [6, 6.07) is 7.30. The van der Waals surface area contributed by atoms with Crippen molar-refractivity contribution in [2.45, 2.75) is 20.8 Å². The van der Waals surface area contributed by atoms with Crippen LogP contribution in [-0.2, 0) is 13.6 Å². The van der Waals surface area contributed by atoms with E-state index < -0.39 is 7.60 Å². The Bertz CT molecular complexity index is 510. The fourth-order valence-corrected chi connectivity index (χ4v) is 3.37. The molecule has 1 aromatic carbocycles. The Balaban J connectivity index is 3.08. The number of nitrogens with zero attached hydrogens (tertiary/aromatic N) is 1. The van der Waals surface area contributed by atoms with Gasteiger partial charge in [-0.05, 0) is 44.5 Å². The molecule has 0 unspecified atom stereocenters. The number of aliphatic imine (C=N–C) groups is 1. The minimum atomic E-state index is -3.20. The van der Waals surface area contributed by atoms with Gasteiger partial charge >= 0.3 is 7.60 Å². The fraction of sp³-hybridized carbons (Fsp3) is 0.400. The molecule has 0 fully saturated rings. The highest BCUT2D eigenvalue weighted by molar-refractivity contribution is 7.62. The van der Waals surface area contributed by atoms with Crippen LogP contribution in [0.1, 0.15) is 26.3 Å². The van der Waals surface area contributed by atoms with E-state index in [9.17, 15) is 4.57 Å². The maximum Gasteiger partial charge on any atom is 0.361 e. The van der Waals surface area contributed by atoms with Crippen LogP contribution in [0.2, 0.25) is 0 Å². The highest BCUT2D eigenvalue weighted by Gasteiger charge is 2.26. The lowest BCUT2D eigenvalue weighted by Crippen LogP contribution is -2.11. The predicted molar refractivity (Wildman–Crippen MR) is 84.2 cm³/mol. The Labute approximate surface area is 121 Å². The molecule has 0 aliphatic rings. The van der Waals surface area contributed by atoms with Gasteiger partial charge in [0.05, 0.1) is 24.2 Å². The van der Waals surface area contributed by atoms with Crippen molar-refractivity contribution in [3.05, 3.63) is 42.0 Å². The lowest BCUT2D eigenvalue weighted by atomic mass is 10.1. The second-order valence-electron chi connectivity index (χ2n) is 3.99. The first-order valence-electron chi connectivity index (χ1n) is 6.70. The zero-order chi connectivity index (χ0) is 15.0. The van der Waals surface area contributed by atoms with Crippen molar-refractivity contribution in [2.24, 2.45) is 4.99 Å². The van der Waals surface area contributed by atoms with Gasteiger partial charge < -0.3 is 9.05 Å². The van der Waals surface area contributed by atoms with Gasteiger partial charge in [-0.3, -0.25) is 9.56 Å². The van der Waals surface area contributed by atoms with Crippen LogP contribution in [0.4, 0.5) is 0 Å². The van der Waals surface area contributed by atoms with Crippen LogP contribution in [0.15, 0.2) is 41.4 Å². The zero-order valence-electron chi connectivity index (χ0n) is 12.5. The quantitative estimate of drug-likeness (QED) is 0.570. The predicted octanol–water partition coefficient (Wildman–Crippen LogP) is 3.57. The van der Waals surface area contributed by atoms with Gasteiger partial charge in [0.2, 0.25) is 0 Å². The SMILES string of the molecule is C/C=C\C(=NC)c1ccc(P(=O)(OCC)OCC)cc1. The van der Waals surface area contributed by atoms with Gasteiger partial charge in [-0.1, -0.05) is 18.2 Å². The first-order chi connectivity index (χ1) is 9.61. The topological polar surface area (TPSA) is 47.9 Å². The number of hydrogen-bond acceptors (Lipinski definition) is 4. The van der Waals surface area contributed by atoms with Gasteiger partial charge in [-0.15, -0.1) is 0 Å². The lowest BCUT2D eigenvalue weighted by molar-refractivity contribution is 0.230. The molecule has 0 N–H and O–H groups in total. The zero-order valence-corrected chi connectivity index (χ0v) is 13.4. The normalized spacial score (nSPS) is 13.1. The Morgan fingerprint density at radius 1 is 1.20 bits per heavy atom. The lowest BCUT2D eigenvalue weighted by Gasteiger charge is -2.17. The van der Waals surface area contributed by atoms with Gasteiger partial charge in [0.25, 0.3) is 0 Å². The second kappa shape index (κ2) is 8.15. The molecule has 0 saturated carbocycles. The number of hydrogen-bond donors (Lipinski definition) is 0. The maximum atomic E-state index is 12.6. The van der Waals surface area contributed by atoms with Gasteiger partial charge in [-0.2, -0.15) is 0 Å². The molecular formula is C15H22NO3P. The maximum absolute atomic E-state index is 12.6. The first-order valence-corrected chi connectivity index (χ1v) is 8.25. The van der Waals surface area contributed by atoms with E-state index in [0.29, 0.717) is 18.5 Å². The minimum absolute atomic E-state index is 0.346. The molecule has 0 aliphatic heterocycles. The summed E-state index contributed by atoms with van der Waals surface area (Å²) in [5.41, 5.74) is 1.84. The largest absolute Gasteiger partial charge is 0.361 e. The monoisotopic (exact) mass is 295 g/mol. The van der Waals surface area contributed by atoms with Crippen molar-refractivity contribution in [1.29, 1.82) is 0 Å². The van der Waals surface area contributed by atoms with E-state index in [2.05, 4.69) is 4.99 Å². The third-order valence-corrected chi connectivity index (χ3v) is 4.77. The first kappa shape index (κ1) is 16.8. The third-order valence-electron chi connectivity index (χ3n) is 2.64. The van der Waals surface area contributed by atoms with Crippen LogP contribution in [0.3, 0.4) is 0 Å². The molecule has 1 aromatic rings. The standard InChI is InChI=1S/C15H22NO3P/c1-5-8-15(16-4)13-9-11-14(12-10-13)20(17,18-6-2)19-7-3/h5,8-12H,6-7H2,1-4H3/b8-5-,16-15?. The Morgan fingerprint density at radius 2 is 1.75 bits per heavy atom. The molecule has 0 radical (unpaired) electrons. The van der Waals surface area contributed by atoms with Gasteiger partial charge in [0.1, 0.15) is 0 Å². The third kappa shape index (κ3) is 4.14. The van der Waals surface area contributed by atoms with E-state index in [1.54, 1.807) is 33.0 Å². The highest BCUT2D eigenvalue weighted by Crippen LogP contribution is 2.46. The molecule has 0 saturated heterocycles. The van der Waals surface area contributed by atoms with Gasteiger partial charge in [0, 0.05) is 7.05 Å². The molecule has 0 aromatic heterocycles. The second-order valence-corrected chi connectivity index (χ2v) is 6.02. The van der Waals surface area contributed by atoms with E-state index in [1.165, 1.54) is 0 Å². The van der Waals surface area contributed by atoms with Crippen LogP contribution in [0.25, 0.3) is 0 Å². The molecule has 4 nitrogen and oxygen atoms in total.